The Morgan fingerprint density at radius 1 is 1.29 bits per heavy atom. The van der Waals surface area contributed by atoms with E-state index < -0.39 is 0 Å². The number of hydrogen-bond donors (Lipinski definition) is 1. The normalized spacial score (nSPS) is 10.9. The fourth-order valence-electron chi connectivity index (χ4n) is 2.02. The van der Waals surface area contributed by atoms with Crippen LogP contribution in [0.15, 0.2) is 24.3 Å². The molecule has 17 heavy (non-hydrogen) atoms. The maximum absolute atomic E-state index is 9.92. The van der Waals surface area contributed by atoms with Gasteiger partial charge in [0.15, 0.2) is 0 Å². The maximum atomic E-state index is 9.92. The second-order valence-corrected chi connectivity index (χ2v) is 4.00. The summed E-state index contributed by atoms with van der Waals surface area (Å²) in [6.07, 6.45) is 0.698. The first-order valence-electron chi connectivity index (χ1n) is 5.89. The number of aromatic hydroxyl groups is 1. The number of nitrogens with zero attached hydrogens (tertiary/aromatic N) is 1. The molecule has 0 aliphatic carbocycles. The number of hydrogen-bond acceptors (Lipinski definition) is 3. The number of para-hydroxylation sites is 1. The van der Waals surface area contributed by atoms with Gasteiger partial charge >= 0.3 is 0 Å². The molecule has 1 aromatic carbocycles. The third-order valence-corrected chi connectivity index (χ3v) is 2.96. The van der Waals surface area contributed by atoms with Gasteiger partial charge in [-0.25, -0.2) is 4.98 Å². The Kier molecular flexibility index (Phi) is 3.59. The van der Waals surface area contributed by atoms with Gasteiger partial charge in [-0.1, -0.05) is 18.2 Å². The van der Waals surface area contributed by atoms with Crippen LogP contribution in [0, 0.1) is 6.92 Å². The van der Waals surface area contributed by atoms with Crippen molar-refractivity contribution >= 4 is 10.9 Å². The van der Waals surface area contributed by atoms with Crippen LogP contribution in [0.2, 0.25) is 0 Å². The zero-order valence-corrected chi connectivity index (χ0v) is 10.2. The van der Waals surface area contributed by atoms with Crippen molar-refractivity contribution in [1.29, 1.82) is 0 Å². The molecule has 0 atom stereocenters. The Morgan fingerprint density at radius 3 is 2.82 bits per heavy atom. The van der Waals surface area contributed by atoms with Crippen molar-refractivity contribution in [3.8, 4) is 5.88 Å². The average molecular weight is 231 g/mol. The molecule has 0 fully saturated rings. The van der Waals surface area contributed by atoms with Crippen molar-refractivity contribution in [1.82, 2.24) is 4.98 Å². The van der Waals surface area contributed by atoms with E-state index in [2.05, 4.69) is 4.98 Å². The van der Waals surface area contributed by atoms with Crippen molar-refractivity contribution < 1.29 is 9.84 Å². The van der Waals surface area contributed by atoms with E-state index in [1.807, 2.05) is 38.1 Å². The van der Waals surface area contributed by atoms with Crippen LogP contribution >= 0.6 is 0 Å². The summed E-state index contributed by atoms with van der Waals surface area (Å²) in [5.41, 5.74) is 2.81. The third-order valence-electron chi connectivity index (χ3n) is 2.96. The molecular formula is C14H17NO2. The molecule has 0 spiro atoms. The van der Waals surface area contributed by atoms with Gasteiger partial charge in [-0.15, -0.1) is 0 Å². The topological polar surface area (TPSA) is 42.4 Å². The van der Waals surface area contributed by atoms with Crippen LogP contribution in [0.5, 0.6) is 5.88 Å². The highest BCUT2D eigenvalue weighted by molar-refractivity contribution is 5.83. The Balaban J connectivity index is 2.41. The van der Waals surface area contributed by atoms with Crippen molar-refractivity contribution in [2.75, 3.05) is 13.2 Å². The lowest BCUT2D eigenvalue weighted by Crippen LogP contribution is -2.02. The van der Waals surface area contributed by atoms with Crippen LogP contribution < -0.4 is 0 Å². The van der Waals surface area contributed by atoms with E-state index in [4.69, 9.17) is 4.74 Å². The van der Waals surface area contributed by atoms with Gasteiger partial charge in [-0.05, 0) is 25.5 Å². The van der Waals surface area contributed by atoms with Gasteiger partial charge in [0.1, 0.15) is 0 Å². The Morgan fingerprint density at radius 2 is 2.06 bits per heavy atom. The van der Waals surface area contributed by atoms with Crippen molar-refractivity contribution in [3.05, 3.63) is 35.4 Å². The Labute approximate surface area is 101 Å². The van der Waals surface area contributed by atoms with E-state index in [0.29, 0.717) is 19.6 Å². The van der Waals surface area contributed by atoms with Gasteiger partial charge in [-0.2, -0.15) is 0 Å². The van der Waals surface area contributed by atoms with E-state index in [0.717, 1.165) is 22.0 Å². The van der Waals surface area contributed by atoms with Gasteiger partial charge in [0.25, 0.3) is 0 Å². The van der Waals surface area contributed by atoms with Crippen LogP contribution in [0.25, 0.3) is 10.9 Å². The van der Waals surface area contributed by atoms with E-state index in [-0.39, 0.29) is 5.88 Å². The number of benzene rings is 1. The summed E-state index contributed by atoms with van der Waals surface area (Å²) in [6, 6.07) is 7.85. The molecule has 0 saturated heterocycles. The number of aryl methyl sites for hydroxylation is 1. The van der Waals surface area contributed by atoms with Crippen LogP contribution in [0.1, 0.15) is 18.1 Å². The van der Waals surface area contributed by atoms with E-state index in [1.54, 1.807) is 0 Å². The van der Waals surface area contributed by atoms with Crippen LogP contribution in [-0.4, -0.2) is 23.3 Å². The Bertz CT molecular complexity index is 523. The lowest BCUT2D eigenvalue weighted by molar-refractivity contribution is 0.150. The first-order chi connectivity index (χ1) is 8.24. The van der Waals surface area contributed by atoms with Crippen molar-refractivity contribution in [2.45, 2.75) is 20.3 Å². The number of fused-ring (bicyclic) bond motifs is 1. The number of pyridine rings is 1. The summed E-state index contributed by atoms with van der Waals surface area (Å²) >= 11 is 0. The summed E-state index contributed by atoms with van der Waals surface area (Å²) in [6.45, 7) is 5.29. The molecule has 1 N–H and O–H groups in total. The number of rotatable bonds is 4. The fraction of sp³-hybridized carbons (Fsp3) is 0.357. The first-order valence-corrected chi connectivity index (χ1v) is 5.89. The second-order valence-electron chi connectivity index (χ2n) is 4.00. The highest BCUT2D eigenvalue weighted by atomic mass is 16.5. The second kappa shape index (κ2) is 5.15. The van der Waals surface area contributed by atoms with E-state index >= 15 is 0 Å². The quantitative estimate of drug-likeness (QED) is 0.823. The van der Waals surface area contributed by atoms with E-state index in [1.165, 1.54) is 0 Å². The molecule has 90 valence electrons. The predicted molar refractivity (Wildman–Crippen MR) is 68.3 cm³/mol. The first kappa shape index (κ1) is 11.9. The minimum atomic E-state index is 0.126. The van der Waals surface area contributed by atoms with Crippen LogP contribution in [-0.2, 0) is 11.2 Å². The predicted octanol–water partition coefficient (Wildman–Crippen LogP) is 2.83. The number of aromatic nitrogens is 1. The summed E-state index contributed by atoms with van der Waals surface area (Å²) in [5.74, 6) is 0.126. The number of ether oxygens (including phenoxy) is 1. The van der Waals surface area contributed by atoms with Gasteiger partial charge in [0.2, 0.25) is 5.88 Å². The molecule has 2 aromatic rings. The Hall–Kier alpha value is -1.61. The van der Waals surface area contributed by atoms with Gasteiger partial charge in [0, 0.05) is 24.0 Å². The largest absolute Gasteiger partial charge is 0.493 e. The van der Waals surface area contributed by atoms with Crippen LogP contribution in [0.3, 0.4) is 0 Å². The zero-order valence-electron chi connectivity index (χ0n) is 10.2. The molecule has 0 saturated carbocycles. The SMILES string of the molecule is CCOCCc1c(O)nc2ccccc2c1C. The zero-order chi connectivity index (χ0) is 12.3. The smallest absolute Gasteiger partial charge is 0.214 e. The van der Waals surface area contributed by atoms with Gasteiger partial charge in [0.05, 0.1) is 12.1 Å². The standard InChI is InChI=1S/C14H17NO2/c1-3-17-9-8-12-10(2)11-6-4-5-7-13(11)15-14(12)16/h4-7H,3,8-9H2,1-2H3,(H,15,16). The lowest BCUT2D eigenvalue weighted by Gasteiger charge is -2.10. The molecule has 0 aliphatic rings. The highest BCUT2D eigenvalue weighted by Crippen LogP contribution is 2.26. The fourth-order valence-corrected chi connectivity index (χ4v) is 2.02. The molecule has 0 amide bonds. The van der Waals surface area contributed by atoms with Crippen LogP contribution in [0.4, 0.5) is 0 Å². The van der Waals surface area contributed by atoms with Crippen molar-refractivity contribution in [2.24, 2.45) is 0 Å². The van der Waals surface area contributed by atoms with E-state index in [9.17, 15) is 5.11 Å². The highest BCUT2D eigenvalue weighted by Gasteiger charge is 2.10. The molecular weight excluding hydrogens is 214 g/mol. The molecule has 1 aromatic heterocycles. The molecule has 3 heteroatoms. The molecule has 3 nitrogen and oxygen atoms in total. The summed E-state index contributed by atoms with van der Waals surface area (Å²) in [5, 5.41) is 11.0. The molecule has 1 heterocycles. The van der Waals surface area contributed by atoms with Gasteiger partial charge in [-0.3, -0.25) is 0 Å². The van der Waals surface area contributed by atoms with Gasteiger partial charge < -0.3 is 9.84 Å². The lowest BCUT2D eigenvalue weighted by atomic mass is 10.0. The third kappa shape index (κ3) is 2.39. The minimum absolute atomic E-state index is 0.126. The monoisotopic (exact) mass is 231 g/mol. The average Bonchev–Trinajstić information content (AvgIpc) is 2.33. The summed E-state index contributed by atoms with van der Waals surface area (Å²) < 4.78 is 5.32. The van der Waals surface area contributed by atoms with Crippen molar-refractivity contribution in [3.63, 3.8) is 0 Å². The maximum Gasteiger partial charge on any atom is 0.214 e. The molecule has 2 rings (SSSR count). The molecule has 0 radical (unpaired) electrons. The molecule has 0 unspecified atom stereocenters. The summed E-state index contributed by atoms with van der Waals surface area (Å²) in [7, 11) is 0. The minimum Gasteiger partial charge on any atom is -0.493 e. The molecule has 0 bridgehead atoms. The summed E-state index contributed by atoms with van der Waals surface area (Å²) in [4.78, 5) is 4.22. The molecule has 0 aliphatic heterocycles.